The van der Waals surface area contributed by atoms with Crippen molar-refractivity contribution in [3.63, 3.8) is 0 Å². The lowest BCUT2D eigenvalue weighted by Crippen LogP contribution is -2.31. The maximum atomic E-state index is 10.3. The second kappa shape index (κ2) is 4.15. The van der Waals surface area contributed by atoms with Gasteiger partial charge in [-0.2, -0.15) is 10.2 Å². The number of carboxylic acid groups (broad SMARTS) is 1. The van der Waals surface area contributed by atoms with Crippen LogP contribution in [0.3, 0.4) is 0 Å². The Morgan fingerprint density at radius 2 is 1.82 bits per heavy atom. The summed E-state index contributed by atoms with van der Waals surface area (Å²) in [4.78, 5) is 13.6. The lowest BCUT2D eigenvalue weighted by Gasteiger charge is -2.14. The van der Waals surface area contributed by atoms with Crippen molar-refractivity contribution in [2.75, 3.05) is 0 Å². The van der Waals surface area contributed by atoms with E-state index in [1.807, 2.05) is 0 Å². The lowest BCUT2D eigenvalue weighted by molar-refractivity contribution is -0.142. The van der Waals surface area contributed by atoms with Gasteiger partial charge in [0, 0.05) is 13.4 Å². The summed E-state index contributed by atoms with van der Waals surface area (Å²) in [5, 5.41) is 15.7. The Morgan fingerprint density at radius 1 is 1.36 bits per heavy atom. The summed E-state index contributed by atoms with van der Waals surface area (Å²) in [5.74, 6) is -1.21. The number of nitrogens with zero attached hydrogens (tertiary/aromatic N) is 4. The van der Waals surface area contributed by atoms with Crippen LogP contribution in [0.5, 0.6) is 0 Å². The van der Waals surface area contributed by atoms with Gasteiger partial charge in [-0.3, -0.25) is 4.99 Å². The highest BCUT2D eigenvalue weighted by Crippen LogP contribution is 2.00. The Morgan fingerprint density at radius 3 is 1.91 bits per heavy atom. The number of aliphatic carboxylic acids is 1. The van der Waals surface area contributed by atoms with E-state index in [9.17, 15) is 4.79 Å². The van der Waals surface area contributed by atoms with Gasteiger partial charge < -0.3 is 5.11 Å². The minimum atomic E-state index is -1.25. The first-order valence-corrected chi connectivity index (χ1v) is 2.58. The molecule has 0 aliphatic heterocycles. The van der Waals surface area contributed by atoms with Crippen molar-refractivity contribution in [3.8, 4) is 0 Å². The topological polar surface area (TPSA) is 77.6 Å². The van der Waals surface area contributed by atoms with E-state index in [1.54, 1.807) is 0 Å². The normalized spacial score (nSPS) is 11.3. The summed E-state index contributed by atoms with van der Waals surface area (Å²) in [7, 11) is 0. The van der Waals surface area contributed by atoms with Gasteiger partial charge >= 0.3 is 5.97 Å². The smallest absolute Gasteiger partial charge is 0.353 e. The average molecular weight is 156 g/mol. The minimum Gasteiger partial charge on any atom is -0.478 e. The number of carboxylic acids is 1. The molecule has 1 atom stereocenters. The van der Waals surface area contributed by atoms with Crippen LogP contribution in [-0.2, 0) is 4.79 Å². The molecule has 0 rings (SSSR count). The maximum absolute atomic E-state index is 10.3. The third-order valence-corrected chi connectivity index (χ3v) is 0.902. The Hall–Kier alpha value is -1.72. The van der Waals surface area contributed by atoms with E-state index in [0.717, 1.165) is 5.12 Å². The molecule has 0 spiro atoms. The molecule has 1 unspecified atom stereocenters. The number of carbonyl (C=O) groups is 1. The van der Waals surface area contributed by atoms with E-state index in [0.29, 0.717) is 0 Å². The summed E-state index contributed by atoms with van der Waals surface area (Å²) in [5.41, 5.74) is 0. The molecule has 0 aromatic carbocycles. The highest BCUT2D eigenvalue weighted by Gasteiger charge is 2.20. The van der Waals surface area contributed by atoms with Gasteiger partial charge in [0.25, 0.3) is 6.17 Å². The molecule has 6 nitrogen and oxygen atoms in total. The predicted octanol–water partition coefficient (Wildman–Crippen LogP) is -0.369. The third-order valence-electron chi connectivity index (χ3n) is 0.902. The molecule has 0 saturated heterocycles. The summed E-state index contributed by atoms with van der Waals surface area (Å²) >= 11 is 0. The van der Waals surface area contributed by atoms with Crippen LogP contribution in [0.25, 0.3) is 0 Å². The lowest BCUT2D eigenvalue weighted by atomic mass is 10.5. The summed E-state index contributed by atoms with van der Waals surface area (Å²) in [6.07, 6.45) is -1.25. The Labute approximate surface area is 63.5 Å². The van der Waals surface area contributed by atoms with E-state index in [-0.39, 0.29) is 0 Å². The van der Waals surface area contributed by atoms with Gasteiger partial charge in [0.05, 0.1) is 0 Å². The monoisotopic (exact) mass is 156 g/mol. The summed E-state index contributed by atoms with van der Waals surface area (Å²) < 4.78 is 0. The fourth-order valence-electron chi connectivity index (χ4n) is 0.449. The Kier molecular flexibility index (Phi) is 3.50. The molecule has 0 aliphatic carbocycles. The fourth-order valence-corrected chi connectivity index (χ4v) is 0.449. The molecule has 0 amide bonds. The van der Waals surface area contributed by atoms with Gasteiger partial charge in [-0.25, -0.2) is 4.79 Å². The van der Waals surface area contributed by atoms with Gasteiger partial charge in [0.15, 0.2) is 0 Å². The molecule has 0 aliphatic rings. The van der Waals surface area contributed by atoms with Crippen molar-refractivity contribution < 1.29 is 9.90 Å². The van der Waals surface area contributed by atoms with Gasteiger partial charge in [0.1, 0.15) is 0 Å². The molecule has 0 radical (unpaired) electrons. The third kappa shape index (κ3) is 2.17. The van der Waals surface area contributed by atoms with Crippen molar-refractivity contribution in [1.82, 2.24) is 5.12 Å². The van der Waals surface area contributed by atoms with E-state index < -0.39 is 12.1 Å². The zero-order valence-electron chi connectivity index (χ0n) is 5.84. The van der Waals surface area contributed by atoms with Crippen molar-refractivity contribution in [2.24, 2.45) is 15.2 Å². The first kappa shape index (κ1) is 9.28. The molecule has 11 heavy (non-hydrogen) atoms. The van der Waals surface area contributed by atoms with Crippen LogP contribution in [0, 0.1) is 0 Å². The van der Waals surface area contributed by atoms with Gasteiger partial charge in [-0.15, -0.1) is 5.12 Å². The van der Waals surface area contributed by atoms with E-state index in [2.05, 4.69) is 35.3 Å². The van der Waals surface area contributed by atoms with E-state index in [1.165, 1.54) is 0 Å². The molecule has 0 fully saturated rings. The largest absolute Gasteiger partial charge is 0.478 e. The zero-order chi connectivity index (χ0) is 8.85. The van der Waals surface area contributed by atoms with Crippen molar-refractivity contribution in [3.05, 3.63) is 0 Å². The first-order chi connectivity index (χ1) is 5.17. The van der Waals surface area contributed by atoms with Crippen LogP contribution in [0.1, 0.15) is 0 Å². The maximum Gasteiger partial charge on any atom is 0.353 e. The number of hydrogen-bond donors (Lipinski definition) is 1. The second-order valence-corrected chi connectivity index (χ2v) is 1.50. The molecule has 0 aromatic rings. The number of hydrogen-bond acceptors (Lipinski definition) is 5. The standard InChI is InChI=1S/C5H8N4O2/c1-6-4(5(10)11)9(7-2)8-3/h4H,1-3H2,(H,10,11). The average Bonchev–Trinajstić information content (AvgIpc) is 1.99. The summed E-state index contributed by atoms with van der Waals surface area (Å²) in [6.45, 7) is 9.20. The van der Waals surface area contributed by atoms with Crippen LogP contribution in [-0.4, -0.2) is 42.5 Å². The first-order valence-electron chi connectivity index (χ1n) is 2.58. The fraction of sp³-hybridized carbons (Fsp3) is 0.200. The van der Waals surface area contributed by atoms with Crippen LogP contribution < -0.4 is 0 Å². The predicted molar refractivity (Wildman–Crippen MR) is 41.9 cm³/mol. The number of rotatable bonds is 5. The van der Waals surface area contributed by atoms with Crippen LogP contribution in [0.15, 0.2) is 15.2 Å². The zero-order valence-corrected chi connectivity index (χ0v) is 5.84. The molecule has 0 saturated carbocycles. The highest BCUT2D eigenvalue weighted by atomic mass is 16.4. The van der Waals surface area contributed by atoms with Crippen LogP contribution in [0.4, 0.5) is 0 Å². The van der Waals surface area contributed by atoms with Crippen molar-refractivity contribution in [1.29, 1.82) is 0 Å². The van der Waals surface area contributed by atoms with Crippen LogP contribution in [0.2, 0.25) is 0 Å². The molecular weight excluding hydrogens is 148 g/mol. The quantitative estimate of drug-likeness (QED) is 0.435. The Balaban J connectivity index is 4.44. The molecule has 60 valence electrons. The Bertz CT molecular complexity index is 183. The van der Waals surface area contributed by atoms with Gasteiger partial charge in [-0.1, -0.05) is 0 Å². The second-order valence-electron chi connectivity index (χ2n) is 1.50. The SMILES string of the molecule is C=NC(C(=O)O)N(N=C)N=C. The van der Waals surface area contributed by atoms with Gasteiger partial charge in [-0.05, 0) is 6.72 Å². The van der Waals surface area contributed by atoms with Gasteiger partial charge in [0.2, 0.25) is 0 Å². The molecule has 1 N–H and O–H groups in total. The number of hydrazone groups is 2. The van der Waals surface area contributed by atoms with E-state index in [4.69, 9.17) is 5.11 Å². The van der Waals surface area contributed by atoms with E-state index >= 15 is 0 Å². The molecule has 0 aromatic heterocycles. The van der Waals surface area contributed by atoms with Crippen molar-refractivity contribution >= 4 is 26.1 Å². The van der Waals surface area contributed by atoms with Crippen LogP contribution >= 0.6 is 0 Å². The molecule has 0 bridgehead atoms. The summed E-state index contributed by atoms with van der Waals surface area (Å²) in [6, 6.07) is 0. The number of aliphatic imine (C=N–C) groups is 1. The molecule has 6 heteroatoms. The molecule has 0 heterocycles. The van der Waals surface area contributed by atoms with Crippen molar-refractivity contribution in [2.45, 2.75) is 6.17 Å². The highest BCUT2D eigenvalue weighted by molar-refractivity contribution is 5.73. The molecular formula is C5H8N4O2. The minimum absolute atomic E-state index is 0.745.